The van der Waals surface area contributed by atoms with Gasteiger partial charge in [-0.1, -0.05) is 30.3 Å². The van der Waals surface area contributed by atoms with E-state index in [4.69, 9.17) is 14.9 Å². The number of alkyl carbamates (subject to hydrolysis) is 1. The summed E-state index contributed by atoms with van der Waals surface area (Å²) in [5.74, 6) is 0.803. The lowest BCUT2D eigenvalue weighted by Crippen LogP contribution is -2.47. The molecular weight excluding hydrogens is 344 g/mol. The van der Waals surface area contributed by atoms with Gasteiger partial charge in [0, 0.05) is 19.6 Å². The van der Waals surface area contributed by atoms with Crippen LogP contribution in [0.3, 0.4) is 0 Å². The number of piperidine rings is 1. The van der Waals surface area contributed by atoms with Crippen LogP contribution in [0.5, 0.6) is 0 Å². The molecule has 1 aromatic rings. The molecule has 0 aliphatic carbocycles. The first-order chi connectivity index (χ1) is 12.8. The van der Waals surface area contributed by atoms with Gasteiger partial charge in [0.05, 0.1) is 6.61 Å². The lowest BCUT2D eigenvalue weighted by atomic mass is 9.97. The SMILES string of the molecule is CC(C)(C)OC(=O)NCC1CCN(C(=N)NCOCc2ccccc2)CC1. The molecule has 0 radical (unpaired) electrons. The molecule has 0 spiro atoms. The molecule has 0 saturated carbocycles. The molecule has 150 valence electrons. The number of nitrogens with one attached hydrogen (secondary N) is 3. The summed E-state index contributed by atoms with van der Waals surface area (Å²) in [7, 11) is 0. The van der Waals surface area contributed by atoms with E-state index in [9.17, 15) is 4.79 Å². The number of hydrogen-bond donors (Lipinski definition) is 3. The molecular formula is C20H32N4O3. The number of ether oxygens (including phenoxy) is 2. The number of hydrogen-bond acceptors (Lipinski definition) is 4. The summed E-state index contributed by atoms with van der Waals surface area (Å²) < 4.78 is 10.8. The highest BCUT2D eigenvalue weighted by Gasteiger charge is 2.22. The average molecular weight is 377 g/mol. The molecule has 7 heteroatoms. The quantitative estimate of drug-likeness (QED) is 0.308. The number of amides is 1. The van der Waals surface area contributed by atoms with Gasteiger partial charge in [0.2, 0.25) is 0 Å². The van der Waals surface area contributed by atoms with Gasteiger partial charge in [-0.2, -0.15) is 0 Å². The molecule has 2 rings (SSSR count). The van der Waals surface area contributed by atoms with Gasteiger partial charge in [-0.15, -0.1) is 0 Å². The molecule has 27 heavy (non-hydrogen) atoms. The first kappa shape index (κ1) is 21.0. The van der Waals surface area contributed by atoms with Crippen LogP contribution >= 0.6 is 0 Å². The van der Waals surface area contributed by atoms with E-state index in [2.05, 4.69) is 10.6 Å². The van der Waals surface area contributed by atoms with Crippen molar-refractivity contribution in [3.8, 4) is 0 Å². The topological polar surface area (TPSA) is 86.7 Å². The number of carbonyl (C=O) groups excluding carboxylic acids is 1. The Labute approximate surface area is 161 Å². The second-order valence-corrected chi connectivity index (χ2v) is 7.82. The van der Waals surface area contributed by atoms with E-state index in [1.165, 1.54) is 0 Å². The number of likely N-dealkylation sites (tertiary alicyclic amines) is 1. The van der Waals surface area contributed by atoms with Gasteiger partial charge in [0.1, 0.15) is 12.3 Å². The van der Waals surface area contributed by atoms with Crippen LogP contribution in [0, 0.1) is 11.3 Å². The first-order valence-electron chi connectivity index (χ1n) is 9.49. The maximum Gasteiger partial charge on any atom is 0.407 e. The fraction of sp³-hybridized carbons (Fsp3) is 0.600. The number of rotatable bonds is 6. The lowest BCUT2D eigenvalue weighted by molar-refractivity contribution is 0.0512. The Hall–Kier alpha value is -2.28. The minimum Gasteiger partial charge on any atom is -0.444 e. The van der Waals surface area contributed by atoms with Crippen LogP contribution in [-0.4, -0.2) is 48.9 Å². The van der Waals surface area contributed by atoms with Crippen molar-refractivity contribution in [3.63, 3.8) is 0 Å². The summed E-state index contributed by atoms with van der Waals surface area (Å²) in [6.45, 7) is 8.61. The second kappa shape index (κ2) is 10.2. The molecule has 3 N–H and O–H groups in total. The number of carbonyl (C=O) groups is 1. The number of benzene rings is 1. The second-order valence-electron chi connectivity index (χ2n) is 7.82. The Bertz CT molecular complexity index is 593. The molecule has 1 aliphatic rings. The molecule has 0 bridgehead atoms. The zero-order chi connectivity index (χ0) is 19.7. The van der Waals surface area contributed by atoms with Crippen molar-refractivity contribution in [2.75, 3.05) is 26.4 Å². The Balaban J connectivity index is 1.58. The van der Waals surface area contributed by atoms with Crippen molar-refractivity contribution in [1.29, 1.82) is 5.41 Å². The van der Waals surface area contributed by atoms with Crippen molar-refractivity contribution >= 4 is 12.1 Å². The molecule has 7 nitrogen and oxygen atoms in total. The molecule has 1 amide bonds. The summed E-state index contributed by atoms with van der Waals surface area (Å²) in [6, 6.07) is 9.97. The standard InChI is InChI=1S/C20H32N4O3/c1-20(2,3)27-19(25)22-13-16-9-11-24(12-10-16)18(21)23-15-26-14-17-7-5-4-6-8-17/h4-8,16H,9-15H2,1-3H3,(H2,21,23)(H,22,25). The first-order valence-corrected chi connectivity index (χ1v) is 9.49. The Morgan fingerprint density at radius 1 is 1.19 bits per heavy atom. The molecule has 1 aromatic carbocycles. The highest BCUT2D eigenvalue weighted by molar-refractivity contribution is 5.76. The molecule has 1 saturated heterocycles. The zero-order valence-electron chi connectivity index (χ0n) is 16.6. The van der Waals surface area contributed by atoms with Gasteiger partial charge in [0.15, 0.2) is 5.96 Å². The number of guanidine groups is 1. The maximum atomic E-state index is 11.7. The van der Waals surface area contributed by atoms with E-state index >= 15 is 0 Å². The van der Waals surface area contributed by atoms with Gasteiger partial charge >= 0.3 is 6.09 Å². The van der Waals surface area contributed by atoms with E-state index in [0.29, 0.717) is 31.8 Å². The van der Waals surface area contributed by atoms with Gasteiger partial charge < -0.3 is 25.0 Å². The fourth-order valence-electron chi connectivity index (χ4n) is 2.88. The van der Waals surface area contributed by atoms with Crippen molar-refractivity contribution in [1.82, 2.24) is 15.5 Å². The van der Waals surface area contributed by atoms with Crippen LogP contribution in [0.2, 0.25) is 0 Å². The van der Waals surface area contributed by atoms with Crippen LogP contribution in [0.25, 0.3) is 0 Å². The maximum absolute atomic E-state index is 11.7. The monoisotopic (exact) mass is 376 g/mol. The summed E-state index contributed by atoms with van der Waals surface area (Å²) in [5.41, 5.74) is 0.640. The minimum atomic E-state index is -0.475. The fourth-order valence-corrected chi connectivity index (χ4v) is 2.88. The predicted molar refractivity (Wildman–Crippen MR) is 105 cm³/mol. The molecule has 0 unspecified atom stereocenters. The summed E-state index contributed by atoms with van der Waals surface area (Å²) >= 11 is 0. The zero-order valence-corrected chi connectivity index (χ0v) is 16.6. The molecule has 0 aromatic heterocycles. The van der Waals surface area contributed by atoms with E-state index < -0.39 is 5.60 Å². The Morgan fingerprint density at radius 2 is 1.85 bits per heavy atom. The molecule has 1 aliphatic heterocycles. The van der Waals surface area contributed by atoms with Crippen molar-refractivity contribution in [2.24, 2.45) is 5.92 Å². The third-order valence-corrected chi connectivity index (χ3v) is 4.32. The third-order valence-electron chi connectivity index (χ3n) is 4.32. The summed E-state index contributed by atoms with van der Waals surface area (Å²) in [5, 5.41) is 14.0. The summed E-state index contributed by atoms with van der Waals surface area (Å²) in [6.07, 6.45) is 1.50. The van der Waals surface area contributed by atoms with Crippen molar-refractivity contribution in [3.05, 3.63) is 35.9 Å². The normalized spacial score (nSPS) is 15.3. The van der Waals surface area contributed by atoms with Gasteiger partial charge in [-0.3, -0.25) is 5.41 Å². The average Bonchev–Trinajstić information content (AvgIpc) is 2.63. The van der Waals surface area contributed by atoms with Gasteiger partial charge in [-0.25, -0.2) is 4.79 Å². The third kappa shape index (κ3) is 8.30. The van der Waals surface area contributed by atoms with Gasteiger partial charge in [-0.05, 0) is 45.1 Å². The highest BCUT2D eigenvalue weighted by Crippen LogP contribution is 2.16. The van der Waals surface area contributed by atoms with Crippen LogP contribution < -0.4 is 10.6 Å². The predicted octanol–water partition coefficient (Wildman–Crippen LogP) is 2.92. The van der Waals surface area contributed by atoms with Crippen molar-refractivity contribution in [2.45, 2.75) is 45.8 Å². The molecule has 1 fully saturated rings. The Kier molecular flexibility index (Phi) is 7.91. The molecule has 0 atom stereocenters. The Morgan fingerprint density at radius 3 is 2.48 bits per heavy atom. The lowest BCUT2D eigenvalue weighted by Gasteiger charge is -2.33. The van der Waals surface area contributed by atoms with Crippen LogP contribution in [-0.2, 0) is 16.1 Å². The largest absolute Gasteiger partial charge is 0.444 e. The summed E-state index contributed by atoms with van der Waals surface area (Å²) in [4.78, 5) is 13.7. The van der Waals surface area contributed by atoms with Gasteiger partial charge in [0.25, 0.3) is 0 Å². The minimum absolute atomic E-state index is 0.313. The van der Waals surface area contributed by atoms with Crippen LogP contribution in [0.4, 0.5) is 4.79 Å². The number of nitrogens with zero attached hydrogens (tertiary/aromatic N) is 1. The van der Waals surface area contributed by atoms with E-state index in [1.807, 2.05) is 56.0 Å². The van der Waals surface area contributed by atoms with E-state index in [1.54, 1.807) is 0 Å². The van der Waals surface area contributed by atoms with E-state index in [-0.39, 0.29) is 6.09 Å². The van der Waals surface area contributed by atoms with E-state index in [0.717, 1.165) is 31.5 Å². The van der Waals surface area contributed by atoms with Crippen molar-refractivity contribution < 1.29 is 14.3 Å². The highest BCUT2D eigenvalue weighted by atomic mass is 16.6. The van der Waals surface area contributed by atoms with Crippen LogP contribution in [0.15, 0.2) is 30.3 Å². The molecule has 1 heterocycles. The smallest absolute Gasteiger partial charge is 0.407 e. The van der Waals surface area contributed by atoms with Crippen LogP contribution in [0.1, 0.15) is 39.2 Å².